The minimum absolute atomic E-state index is 0.00737. The molecule has 1 aromatic carbocycles. The number of aryl methyl sites for hydroxylation is 1. The standard InChI is InChI=1S/C18H27N3O2/c1-15(22)21-13-12-20(14-17(21)18(23)19(2)3)11-7-10-16-8-5-4-6-9-16/h4-6,8-9,17H,7,10-14H2,1-3H3/t17-/m0/s1. The highest BCUT2D eigenvalue weighted by Crippen LogP contribution is 2.13. The minimum atomic E-state index is -0.354. The zero-order valence-corrected chi connectivity index (χ0v) is 14.4. The molecule has 0 saturated carbocycles. The lowest BCUT2D eigenvalue weighted by Crippen LogP contribution is -2.60. The Bertz CT molecular complexity index is 530. The van der Waals surface area contributed by atoms with Gasteiger partial charge in [0.05, 0.1) is 0 Å². The number of rotatable bonds is 5. The van der Waals surface area contributed by atoms with Gasteiger partial charge in [0.2, 0.25) is 11.8 Å². The topological polar surface area (TPSA) is 43.9 Å². The highest BCUT2D eigenvalue weighted by Gasteiger charge is 2.34. The van der Waals surface area contributed by atoms with E-state index in [0.29, 0.717) is 13.1 Å². The predicted octanol–water partition coefficient (Wildman–Crippen LogP) is 1.24. The number of hydrogen-bond donors (Lipinski definition) is 0. The number of benzene rings is 1. The zero-order valence-electron chi connectivity index (χ0n) is 14.4. The second kappa shape index (κ2) is 8.11. The summed E-state index contributed by atoms with van der Waals surface area (Å²) in [5, 5.41) is 0. The van der Waals surface area contributed by atoms with Crippen LogP contribution in [0.5, 0.6) is 0 Å². The van der Waals surface area contributed by atoms with Crippen LogP contribution in [0.25, 0.3) is 0 Å². The summed E-state index contributed by atoms with van der Waals surface area (Å²) in [5.74, 6) is -0.0119. The molecule has 2 amide bonds. The molecule has 1 heterocycles. The van der Waals surface area contributed by atoms with Crippen molar-refractivity contribution < 1.29 is 9.59 Å². The third-order valence-corrected chi connectivity index (χ3v) is 4.38. The van der Waals surface area contributed by atoms with E-state index in [0.717, 1.165) is 25.9 Å². The average Bonchev–Trinajstić information content (AvgIpc) is 2.54. The Labute approximate surface area is 138 Å². The average molecular weight is 317 g/mol. The summed E-state index contributed by atoms with van der Waals surface area (Å²) in [6.45, 7) is 4.60. The summed E-state index contributed by atoms with van der Waals surface area (Å²) in [7, 11) is 3.49. The van der Waals surface area contributed by atoms with Gasteiger partial charge in [-0.15, -0.1) is 0 Å². The number of piperazine rings is 1. The van der Waals surface area contributed by atoms with Crippen LogP contribution in [-0.2, 0) is 16.0 Å². The fourth-order valence-electron chi connectivity index (χ4n) is 3.08. The Morgan fingerprint density at radius 1 is 1.17 bits per heavy atom. The molecule has 0 aromatic heterocycles. The zero-order chi connectivity index (χ0) is 16.8. The molecule has 2 rings (SSSR count). The van der Waals surface area contributed by atoms with Crippen LogP contribution in [-0.4, -0.2) is 72.8 Å². The molecule has 0 unspecified atom stereocenters. The molecule has 1 atom stereocenters. The van der Waals surface area contributed by atoms with Crippen molar-refractivity contribution in [3.8, 4) is 0 Å². The number of hydrogen-bond acceptors (Lipinski definition) is 3. The van der Waals surface area contributed by atoms with Crippen LogP contribution < -0.4 is 0 Å². The van der Waals surface area contributed by atoms with Gasteiger partial charge in [-0.25, -0.2) is 0 Å². The first-order valence-electron chi connectivity index (χ1n) is 8.23. The first kappa shape index (κ1) is 17.5. The SMILES string of the molecule is CC(=O)N1CCN(CCCc2ccccc2)C[C@H]1C(=O)N(C)C. The number of nitrogens with zero attached hydrogens (tertiary/aromatic N) is 3. The highest BCUT2D eigenvalue weighted by molar-refractivity contribution is 5.87. The Balaban J connectivity index is 1.89. The van der Waals surface area contributed by atoms with E-state index in [1.165, 1.54) is 5.56 Å². The quantitative estimate of drug-likeness (QED) is 0.821. The van der Waals surface area contributed by atoms with Crippen LogP contribution >= 0.6 is 0 Å². The Hall–Kier alpha value is -1.88. The number of carbonyl (C=O) groups is 2. The van der Waals surface area contributed by atoms with Crippen molar-refractivity contribution in [1.82, 2.24) is 14.7 Å². The third-order valence-electron chi connectivity index (χ3n) is 4.38. The summed E-state index contributed by atoms with van der Waals surface area (Å²) in [6, 6.07) is 10.1. The van der Waals surface area contributed by atoms with Crippen molar-refractivity contribution in [2.24, 2.45) is 0 Å². The number of amides is 2. The van der Waals surface area contributed by atoms with Gasteiger partial charge < -0.3 is 9.80 Å². The van der Waals surface area contributed by atoms with Crippen LogP contribution in [0.4, 0.5) is 0 Å². The van der Waals surface area contributed by atoms with Gasteiger partial charge in [-0.2, -0.15) is 0 Å². The number of likely N-dealkylation sites (N-methyl/N-ethyl adjacent to an activating group) is 1. The van der Waals surface area contributed by atoms with E-state index < -0.39 is 0 Å². The van der Waals surface area contributed by atoms with Crippen molar-refractivity contribution in [3.63, 3.8) is 0 Å². The molecule has 0 spiro atoms. The molecule has 0 aliphatic carbocycles. The molecule has 5 heteroatoms. The Morgan fingerprint density at radius 3 is 2.48 bits per heavy atom. The Kier molecular flexibility index (Phi) is 6.16. The predicted molar refractivity (Wildman–Crippen MR) is 91.1 cm³/mol. The molecule has 1 fully saturated rings. The first-order valence-corrected chi connectivity index (χ1v) is 8.23. The number of carbonyl (C=O) groups excluding carboxylic acids is 2. The van der Waals surface area contributed by atoms with Gasteiger partial charge in [0.25, 0.3) is 0 Å². The van der Waals surface area contributed by atoms with Crippen LogP contribution in [0, 0.1) is 0 Å². The molecule has 1 aliphatic rings. The van der Waals surface area contributed by atoms with E-state index in [1.807, 2.05) is 6.07 Å². The summed E-state index contributed by atoms with van der Waals surface area (Å²) in [6.07, 6.45) is 2.10. The molecule has 0 N–H and O–H groups in total. The summed E-state index contributed by atoms with van der Waals surface area (Å²) in [4.78, 5) is 29.7. The van der Waals surface area contributed by atoms with Crippen molar-refractivity contribution in [2.75, 3.05) is 40.3 Å². The molecule has 1 aliphatic heterocycles. The van der Waals surface area contributed by atoms with E-state index >= 15 is 0 Å². The van der Waals surface area contributed by atoms with Gasteiger partial charge in [-0.1, -0.05) is 30.3 Å². The van der Waals surface area contributed by atoms with Gasteiger partial charge in [0, 0.05) is 40.7 Å². The third kappa shape index (κ3) is 4.79. The van der Waals surface area contributed by atoms with E-state index in [9.17, 15) is 9.59 Å². The lowest BCUT2D eigenvalue weighted by atomic mass is 10.1. The van der Waals surface area contributed by atoms with Gasteiger partial charge in [0.1, 0.15) is 6.04 Å². The second-order valence-electron chi connectivity index (χ2n) is 6.35. The smallest absolute Gasteiger partial charge is 0.246 e. The lowest BCUT2D eigenvalue weighted by molar-refractivity contribution is -0.146. The van der Waals surface area contributed by atoms with E-state index in [-0.39, 0.29) is 17.9 Å². The van der Waals surface area contributed by atoms with E-state index in [1.54, 1.807) is 30.8 Å². The van der Waals surface area contributed by atoms with Gasteiger partial charge in [-0.05, 0) is 24.9 Å². The molecule has 0 bridgehead atoms. The normalized spacial score (nSPS) is 18.7. The lowest BCUT2D eigenvalue weighted by Gasteiger charge is -2.41. The van der Waals surface area contributed by atoms with Crippen molar-refractivity contribution in [2.45, 2.75) is 25.8 Å². The fourth-order valence-corrected chi connectivity index (χ4v) is 3.08. The van der Waals surface area contributed by atoms with Gasteiger partial charge in [-0.3, -0.25) is 14.5 Å². The maximum atomic E-state index is 12.4. The first-order chi connectivity index (χ1) is 11.0. The maximum absolute atomic E-state index is 12.4. The second-order valence-corrected chi connectivity index (χ2v) is 6.35. The molecule has 1 aromatic rings. The largest absolute Gasteiger partial charge is 0.347 e. The molecule has 1 saturated heterocycles. The van der Waals surface area contributed by atoms with Gasteiger partial charge in [0.15, 0.2) is 0 Å². The summed E-state index contributed by atoms with van der Waals surface area (Å²) >= 11 is 0. The summed E-state index contributed by atoms with van der Waals surface area (Å²) < 4.78 is 0. The monoisotopic (exact) mass is 317 g/mol. The van der Waals surface area contributed by atoms with Crippen molar-refractivity contribution in [1.29, 1.82) is 0 Å². The maximum Gasteiger partial charge on any atom is 0.246 e. The van der Waals surface area contributed by atoms with Crippen molar-refractivity contribution >= 4 is 11.8 Å². The van der Waals surface area contributed by atoms with E-state index in [4.69, 9.17) is 0 Å². The highest BCUT2D eigenvalue weighted by atomic mass is 16.2. The molecule has 23 heavy (non-hydrogen) atoms. The van der Waals surface area contributed by atoms with Crippen LogP contribution in [0.2, 0.25) is 0 Å². The molecule has 126 valence electrons. The molecule has 5 nitrogen and oxygen atoms in total. The fraction of sp³-hybridized carbons (Fsp3) is 0.556. The van der Waals surface area contributed by atoms with Crippen LogP contribution in [0.1, 0.15) is 18.9 Å². The summed E-state index contributed by atoms with van der Waals surface area (Å²) in [5.41, 5.74) is 1.34. The van der Waals surface area contributed by atoms with Gasteiger partial charge >= 0.3 is 0 Å². The van der Waals surface area contributed by atoms with E-state index in [2.05, 4.69) is 29.2 Å². The molecular formula is C18H27N3O2. The molecule has 0 radical (unpaired) electrons. The van der Waals surface area contributed by atoms with Crippen LogP contribution in [0.3, 0.4) is 0 Å². The van der Waals surface area contributed by atoms with Crippen molar-refractivity contribution in [3.05, 3.63) is 35.9 Å². The molecular weight excluding hydrogens is 290 g/mol. The Morgan fingerprint density at radius 2 is 1.87 bits per heavy atom. The minimum Gasteiger partial charge on any atom is -0.347 e. The van der Waals surface area contributed by atoms with Crippen LogP contribution in [0.15, 0.2) is 30.3 Å².